The molecule has 1 aromatic carbocycles. The zero-order valence-corrected chi connectivity index (χ0v) is 24.2. The zero-order chi connectivity index (χ0) is 28.2. The highest BCUT2D eigenvalue weighted by atomic mass is 16.6. The van der Waals surface area contributed by atoms with Crippen LogP contribution in [0.1, 0.15) is 92.9 Å². The van der Waals surface area contributed by atoms with E-state index in [1.165, 1.54) is 5.69 Å². The standard InChI is InChI=1S/C18H28N2O2.C12H21NO3/c1-18(2,3)22-17(21)20-16-11-9-14(10-12-16)13-19-15-7-5-4-6-8-15;1-12(2,3)16-11(15)13-10-6-4-9(8-14)5-7-10/h4-8,14,16,19H,9-13H2,1-3H3,(H,20,21);8-10H,4-7H2,1-3H3,(H,13,15). The van der Waals surface area contributed by atoms with Gasteiger partial charge in [0.05, 0.1) is 0 Å². The van der Waals surface area contributed by atoms with Crippen LogP contribution in [0.15, 0.2) is 30.3 Å². The molecule has 214 valence electrons. The van der Waals surface area contributed by atoms with Gasteiger partial charge in [-0.05, 0) is 111 Å². The average Bonchev–Trinajstić information content (AvgIpc) is 2.83. The lowest BCUT2D eigenvalue weighted by molar-refractivity contribution is -0.111. The number of amides is 2. The molecule has 0 unspecified atom stereocenters. The number of para-hydroxylation sites is 1. The molecule has 2 saturated carbocycles. The molecule has 0 aliphatic heterocycles. The third kappa shape index (κ3) is 13.7. The molecule has 0 saturated heterocycles. The second kappa shape index (κ2) is 15.0. The van der Waals surface area contributed by atoms with Crippen molar-refractivity contribution in [2.75, 3.05) is 11.9 Å². The molecule has 2 fully saturated rings. The van der Waals surface area contributed by atoms with Crippen LogP contribution in [0.4, 0.5) is 15.3 Å². The van der Waals surface area contributed by atoms with Crippen molar-refractivity contribution in [1.82, 2.24) is 10.6 Å². The summed E-state index contributed by atoms with van der Waals surface area (Å²) in [6, 6.07) is 10.7. The average molecular weight is 532 g/mol. The van der Waals surface area contributed by atoms with Crippen molar-refractivity contribution in [3.05, 3.63) is 30.3 Å². The first-order valence-electron chi connectivity index (χ1n) is 14.1. The van der Waals surface area contributed by atoms with Crippen molar-refractivity contribution in [3.63, 3.8) is 0 Å². The number of aldehydes is 1. The zero-order valence-electron chi connectivity index (χ0n) is 24.2. The van der Waals surface area contributed by atoms with Crippen LogP contribution in [-0.4, -0.2) is 48.3 Å². The quantitative estimate of drug-likeness (QED) is 0.364. The molecule has 2 aliphatic carbocycles. The molecule has 8 heteroatoms. The largest absolute Gasteiger partial charge is 0.444 e. The maximum atomic E-state index is 11.8. The molecule has 1 aromatic rings. The summed E-state index contributed by atoms with van der Waals surface area (Å²) in [5.41, 5.74) is 0.293. The molecule has 38 heavy (non-hydrogen) atoms. The third-order valence-electron chi connectivity index (χ3n) is 6.62. The van der Waals surface area contributed by atoms with E-state index < -0.39 is 11.2 Å². The van der Waals surface area contributed by atoms with E-state index in [1.807, 2.05) is 59.7 Å². The summed E-state index contributed by atoms with van der Waals surface area (Å²) < 4.78 is 10.5. The van der Waals surface area contributed by atoms with Gasteiger partial charge in [0.25, 0.3) is 0 Å². The van der Waals surface area contributed by atoms with Crippen LogP contribution in [0.5, 0.6) is 0 Å². The van der Waals surface area contributed by atoms with E-state index in [4.69, 9.17) is 9.47 Å². The molecule has 3 rings (SSSR count). The fourth-order valence-electron chi connectivity index (χ4n) is 4.68. The van der Waals surface area contributed by atoms with Gasteiger partial charge in [-0.15, -0.1) is 0 Å². The van der Waals surface area contributed by atoms with Gasteiger partial charge in [-0.2, -0.15) is 0 Å². The number of carbonyl (C=O) groups excluding carboxylic acids is 3. The van der Waals surface area contributed by atoms with E-state index in [1.54, 1.807) is 0 Å². The third-order valence-corrected chi connectivity index (χ3v) is 6.62. The summed E-state index contributed by atoms with van der Waals surface area (Å²) in [4.78, 5) is 33.8. The first-order valence-corrected chi connectivity index (χ1v) is 14.1. The number of benzene rings is 1. The van der Waals surface area contributed by atoms with E-state index in [2.05, 4.69) is 28.1 Å². The topological polar surface area (TPSA) is 106 Å². The lowest BCUT2D eigenvalue weighted by Crippen LogP contribution is -2.41. The Bertz CT molecular complexity index is 847. The number of alkyl carbamates (subject to hydrolysis) is 2. The predicted molar refractivity (Wildman–Crippen MR) is 151 cm³/mol. The van der Waals surface area contributed by atoms with Crippen LogP contribution in [0.3, 0.4) is 0 Å². The van der Waals surface area contributed by atoms with Crippen LogP contribution < -0.4 is 16.0 Å². The number of carbonyl (C=O) groups is 3. The highest BCUT2D eigenvalue weighted by Gasteiger charge is 2.25. The van der Waals surface area contributed by atoms with Gasteiger partial charge < -0.3 is 30.2 Å². The van der Waals surface area contributed by atoms with E-state index in [-0.39, 0.29) is 30.2 Å². The minimum Gasteiger partial charge on any atom is -0.444 e. The van der Waals surface area contributed by atoms with Crippen molar-refractivity contribution in [2.45, 2.75) is 116 Å². The van der Waals surface area contributed by atoms with Gasteiger partial charge >= 0.3 is 12.2 Å². The van der Waals surface area contributed by atoms with Crippen LogP contribution in [0.25, 0.3) is 0 Å². The van der Waals surface area contributed by atoms with Gasteiger partial charge in [0.1, 0.15) is 17.5 Å². The van der Waals surface area contributed by atoms with Gasteiger partial charge in [0.2, 0.25) is 0 Å². The summed E-state index contributed by atoms with van der Waals surface area (Å²) in [5.74, 6) is 0.855. The maximum Gasteiger partial charge on any atom is 0.407 e. The molecular formula is C30H49N3O5. The summed E-state index contributed by atoms with van der Waals surface area (Å²) in [5, 5.41) is 9.32. The highest BCUT2D eigenvalue weighted by molar-refractivity contribution is 5.68. The van der Waals surface area contributed by atoms with E-state index >= 15 is 0 Å². The molecule has 0 radical (unpaired) electrons. The first kappa shape index (κ1) is 31.4. The predicted octanol–water partition coefficient (Wildman–Crippen LogP) is 6.45. The van der Waals surface area contributed by atoms with E-state index in [0.29, 0.717) is 5.92 Å². The number of ether oxygens (including phenoxy) is 2. The Balaban J connectivity index is 0.000000281. The van der Waals surface area contributed by atoms with Crippen LogP contribution in [-0.2, 0) is 14.3 Å². The number of nitrogens with one attached hydrogen (secondary N) is 3. The van der Waals surface area contributed by atoms with Crippen LogP contribution in [0.2, 0.25) is 0 Å². The number of hydrogen-bond donors (Lipinski definition) is 3. The number of rotatable bonds is 6. The smallest absolute Gasteiger partial charge is 0.407 e. The molecule has 0 bridgehead atoms. The Morgan fingerprint density at radius 1 is 0.763 bits per heavy atom. The van der Waals surface area contributed by atoms with Crippen molar-refractivity contribution >= 4 is 24.2 Å². The molecule has 0 aromatic heterocycles. The molecule has 0 atom stereocenters. The molecule has 3 N–H and O–H groups in total. The Morgan fingerprint density at radius 2 is 1.21 bits per heavy atom. The summed E-state index contributed by atoms with van der Waals surface area (Å²) in [6.45, 7) is 12.2. The molecule has 2 amide bonds. The number of hydrogen-bond acceptors (Lipinski definition) is 6. The first-order chi connectivity index (χ1) is 17.8. The molecular weight excluding hydrogens is 482 g/mol. The molecule has 0 heterocycles. The van der Waals surface area contributed by atoms with E-state index in [9.17, 15) is 14.4 Å². The van der Waals surface area contributed by atoms with Gasteiger partial charge in [-0.25, -0.2) is 9.59 Å². The summed E-state index contributed by atoms with van der Waals surface area (Å²) in [6.07, 6.45) is 8.16. The highest BCUT2D eigenvalue weighted by Crippen LogP contribution is 2.25. The lowest BCUT2D eigenvalue weighted by Gasteiger charge is -2.30. The Hall–Kier alpha value is -2.77. The maximum absolute atomic E-state index is 11.8. The minimum absolute atomic E-state index is 0.158. The number of anilines is 1. The Labute approximate surface area is 229 Å². The Morgan fingerprint density at radius 3 is 1.63 bits per heavy atom. The monoisotopic (exact) mass is 531 g/mol. The fraction of sp³-hybridized carbons (Fsp3) is 0.700. The lowest BCUT2D eigenvalue weighted by atomic mass is 9.86. The second-order valence-corrected chi connectivity index (χ2v) is 12.5. The fourth-order valence-corrected chi connectivity index (χ4v) is 4.68. The Kier molecular flexibility index (Phi) is 12.4. The molecule has 2 aliphatic rings. The minimum atomic E-state index is -0.454. The van der Waals surface area contributed by atoms with Crippen molar-refractivity contribution < 1.29 is 23.9 Å². The summed E-state index contributed by atoms with van der Waals surface area (Å²) >= 11 is 0. The van der Waals surface area contributed by atoms with Crippen molar-refractivity contribution in [1.29, 1.82) is 0 Å². The van der Waals surface area contributed by atoms with Crippen molar-refractivity contribution in [2.24, 2.45) is 11.8 Å². The van der Waals surface area contributed by atoms with Crippen molar-refractivity contribution in [3.8, 4) is 0 Å². The van der Waals surface area contributed by atoms with Crippen LogP contribution >= 0.6 is 0 Å². The SMILES string of the molecule is CC(C)(C)OC(=O)NC1CCC(C=O)CC1.CC(C)(C)OC(=O)NC1CCC(CNc2ccccc2)CC1. The second-order valence-electron chi connectivity index (χ2n) is 12.5. The summed E-state index contributed by atoms with van der Waals surface area (Å²) in [7, 11) is 0. The van der Waals surface area contributed by atoms with Gasteiger partial charge in [0, 0.05) is 30.2 Å². The van der Waals surface area contributed by atoms with Gasteiger partial charge in [-0.1, -0.05) is 18.2 Å². The van der Waals surface area contributed by atoms with E-state index in [0.717, 1.165) is 64.2 Å². The van der Waals surface area contributed by atoms with Gasteiger partial charge in [-0.3, -0.25) is 0 Å². The van der Waals surface area contributed by atoms with Crippen LogP contribution in [0, 0.1) is 11.8 Å². The van der Waals surface area contributed by atoms with Gasteiger partial charge in [0.15, 0.2) is 0 Å². The normalized spacial score (nSPS) is 23.6. The molecule has 8 nitrogen and oxygen atoms in total. The molecule has 0 spiro atoms.